The van der Waals surface area contributed by atoms with Crippen molar-refractivity contribution >= 4 is 5.78 Å². The zero-order valence-corrected chi connectivity index (χ0v) is 12.9. The number of carbonyl (C=O) groups excluding carboxylic acids is 1. The molecule has 0 N–H and O–H groups in total. The fraction of sp³-hybridized carbons (Fsp3) is 0.278. The molecule has 116 valence electrons. The van der Waals surface area contributed by atoms with E-state index >= 15 is 0 Å². The lowest BCUT2D eigenvalue weighted by Gasteiger charge is -2.11. The van der Waals surface area contributed by atoms with Gasteiger partial charge < -0.3 is 9.64 Å². The van der Waals surface area contributed by atoms with Crippen molar-refractivity contribution in [2.24, 2.45) is 0 Å². The van der Waals surface area contributed by atoms with E-state index in [1.54, 1.807) is 36.4 Å². The van der Waals surface area contributed by atoms with Gasteiger partial charge in [0.1, 0.15) is 18.2 Å². The highest BCUT2D eigenvalue weighted by Gasteiger charge is 2.07. The third-order valence-electron chi connectivity index (χ3n) is 3.26. The van der Waals surface area contributed by atoms with Crippen molar-refractivity contribution in [2.75, 3.05) is 27.2 Å². The molecular formula is C18H20FNO2. The van der Waals surface area contributed by atoms with Crippen molar-refractivity contribution in [2.45, 2.75) is 6.42 Å². The molecule has 0 aliphatic heterocycles. The summed E-state index contributed by atoms with van der Waals surface area (Å²) in [4.78, 5) is 14.2. The number of hydrogen-bond acceptors (Lipinski definition) is 3. The van der Waals surface area contributed by atoms with Crippen molar-refractivity contribution < 1.29 is 13.9 Å². The quantitative estimate of drug-likeness (QED) is 0.736. The van der Waals surface area contributed by atoms with E-state index in [0.717, 1.165) is 17.9 Å². The number of likely N-dealkylation sites (N-methyl/N-ethyl adjacent to an activating group) is 1. The third kappa shape index (κ3) is 4.97. The summed E-state index contributed by atoms with van der Waals surface area (Å²) in [6.45, 7) is 1.45. The second-order valence-electron chi connectivity index (χ2n) is 5.40. The Kier molecular flexibility index (Phi) is 5.67. The van der Waals surface area contributed by atoms with Gasteiger partial charge in [-0.25, -0.2) is 4.39 Å². The van der Waals surface area contributed by atoms with Crippen molar-refractivity contribution in [3.8, 4) is 5.75 Å². The zero-order chi connectivity index (χ0) is 15.9. The first kappa shape index (κ1) is 16.2. The Balaban J connectivity index is 1.91. The van der Waals surface area contributed by atoms with E-state index in [4.69, 9.17) is 4.74 Å². The number of benzene rings is 2. The standard InChI is InChI=1S/C18H20FNO2/c1-20(2)11-12-22-17-9-5-15(6-10-17)18(21)13-14-3-7-16(19)8-4-14/h3-10H,11-13H2,1-2H3. The van der Waals surface area contributed by atoms with Crippen LogP contribution in [0.1, 0.15) is 15.9 Å². The molecule has 0 atom stereocenters. The molecule has 0 saturated carbocycles. The molecule has 0 aliphatic rings. The van der Waals surface area contributed by atoms with Crippen molar-refractivity contribution in [3.05, 3.63) is 65.5 Å². The summed E-state index contributed by atoms with van der Waals surface area (Å²) < 4.78 is 18.4. The van der Waals surface area contributed by atoms with Crippen LogP contribution in [0.2, 0.25) is 0 Å². The van der Waals surface area contributed by atoms with E-state index in [1.165, 1.54) is 12.1 Å². The number of nitrogens with zero attached hydrogens (tertiary/aromatic N) is 1. The van der Waals surface area contributed by atoms with Crippen LogP contribution < -0.4 is 4.74 Å². The Labute approximate surface area is 130 Å². The Morgan fingerprint density at radius 3 is 2.27 bits per heavy atom. The molecule has 2 rings (SSSR count). The molecule has 0 aliphatic carbocycles. The van der Waals surface area contributed by atoms with Crippen LogP contribution in [-0.2, 0) is 6.42 Å². The Hall–Kier alpha value is -2.20. The number of halogens is 1. The molecular weight excluding hydrogens is 281 g/mol. The first-order valence-electron chi connectivity index (χ1n) is 7.20. The van der Waals surface area contributed by atoms with Crippen LogP contribution in [0.15, 0.2) is 48.5 Å². The predicted octanol–water partition coefficient (Wildman–Crippen LogP) is 3.19. The number of carbonyl (C=O) groups is 1. The summed E-state index contributed by atoms with van der Waals surface area (Å²) in [5.74, 6) is 0.460. The highest BCUT2D eigenvalue weighted by molar-refractivity contribution is 5.97. The van der Waals surface area contributed by atoms with Gasteiger partial charge >= 0.3 is 0 Å². The van der Waals surface area contributed by atoms with Gasteiger partial charge in [0.2, 0.25) is 0 Å². The topological polar surface area (TPSA) is 29.5 Å². The molecule has 0 unspecified atom stereocenters. The van der Waals surface area contributed by atoms with Gasteiger partial charge in [-0.05, 0) is 56.1 Å². The van der Waals surface area contributed by atoms with E-state index < -0.39 is 0 Å². The molecule has 0 spiro atoms. The number of ketones is 1. The van der Waals surface area contributed by atoms with E-state index in [-0.39, 0.29) is 18.0 Å². The van der Waals surface area contributed by atoms with Gasteiger partial charge in [-0.15, -0.1) is 0 Å². The molecule has 4 heteroatoms. The predicted molar refractivity (Wildman–Crippen MR) is 84.9 cm³/mol. The van der Waals surface area contributed by atoms with Gasteiger partial charge in [0.05, 0.1) is 0 Å². The maximum absolute atomic E-state index is 12.8. The normalized spacial score (nSPS) is 10.7. The Morgan fingerprint density at radius 2 is 1.68 bits per heavy atom. The van der Waals surface area contributed by atoms with Gasteiger partial charge in [-0.2, -0.15) is 0 Å². The monoisotopic (exact) mass is 301 g/mol. The van der Waals surface area contributed by atoms with E-state index in [9.17, 15) is 9.18 Å². The minimum Gasteiger partial charge on any atom is -0.492 e. The minimum absolute atomic E-state index is 0.00597. The Morgan fingerprint density at radius 1 is 1.05 bits per heavy atom. The van der Waals surface area contributed by atoms with Crippen LogP contribution >= 0.6 is 0 Å². The fourth-order valence-corrected chi connectivity index (χ4v) is 1.97. The van der Waals surface area contributed by atoms with Crippen molar-refractivity contribution in [1.29, 1.82) is 0 Å². The first-order valence-corrected chi connectivity index (χ1v) is 7.20. The number of ether oxygens (including phenoxy) is 1. The molecule has 22 heavy (non-hydrogen) atoms. The molecule has 3 nitrogen and oxygen atoms in total. The van der Waals surface area contributed by atoms with Crippen LogP contribution in [-0.4, -0.2) is 37.9 Å². The van der Waals surface area contributed by atoms with Crippen LogP contribution in [0.4, 0.5) is 4.39 Å². The molecule has 2 aromatic carbocycles. The molecule has 2 aromatic rings. The van der Waals surface area contributed by atoms with Crippen LogP contribution in [0, 0.1) is 5.82 Å². The van der Waals surface area contributed by atoms with Crippen LogP contribution in [0.25, 0.3) is 0 Å². The molecule has 0 heterocycles. The smallest absolute Gasteiger partial charge is 0.167 e. The SMILES string of the molecule is CN(C)CCOc1ccc(C(=O)Cc2ccc(F)cc2)cc1. The molecule has 0 amide bonds. The summed E-state index contributed by atoms with van der Waals surface area (Å²) in [7, 11) is 3.97. The number of rotatable bonds is 7. The molecule has 0 saturated heterocycles. The average molecular weight is 301 g/mol. The fourth-order valence-electron chi connectivity index (χ4n) is 1.97. The summed E-state index contributed by atoms with van der Waals surface area (Å²) in [5.41, 5.74) is 1.43. The second-order valence-corrected chi connectivity index (χ2v) is 5.40. The van der Waals surface area contributed by atoms with Gasteiger partial charge in [-0.1, -0.05) is 12.1 Å². The zero-order valence-electron chi connectivity index (χ0n) is 12.9. The van der Waals surface area contributed by atoms with E-state index in [2.05, 4.69) is 0 Å². The van der Waals surface area contributed by atoms with E-state index in [1.807, 2.05) is 19.0 Å². The number of Topliss-reactive ketones (excluding diaryl/α,β-unsaturated/α-hetero) is 1. The van der Waals surface area contributed by atoms with E-state index in [0.29, 0.717) is 12.2 Å². The van der Waals surface area contributed by atoms with Gasteiger partial charge in [-0.3, -0.25) is 4.79 Å². The highest BCUT2D eigenvalue weighted by Crippen LogP contribution is 2.14. The summed E-state index contributed by atoms with van der Waals surface area (Å²) in [6, 6.07) is 13.1. The summed E-state index contributed by atoms with van der Waals surface area (Å²) in [6.07, 6.45) is 0.265. The highest BCUT2D eigenvalue weighted by atomic mass is 19.1. The first-order chi connectivity index (χ1) is 10.5. The molecule has 0 bridgehead atoms. The van der Waals surface area contributed by atoms with Crippen molar-refractivity contribution in [1.82, 2.24) is 4.90 Å². The minimum atomic E-state index is -0.296. The van der Waals surface area contributed by atoms with Crippen LogP contribution in [0.3, 0.4) is 0 Å². The largest absolute Gasteiger partial charge is 0.492 e. The lowest BCUT2D eigenvalue weighted by Crippen LogP contribution is -2.19. The molecule has 0 radical (unpaired) electrons. The van der Waals surface area contributed by atoms with Crippen molar-refractivity contribution in [3.63, 3.8) is 0 Å². The molecule has 0 aromatic heterocycles. The third-order valence-corrected chi connectivity index (χ3v) is 3.26. The Bertz CT molecular complexity index is 606. The maximum Gasteiger partial charge on any atom is 0.167 e. The lowest BCUT2D eigenvalue weighted by atomic mass is 10.0. The maximum atomic E-state index is 12.8. The average Bonchev–Trinajstić information content (AvgIpc) is 2.50. The number of hydrogen-bond donors (Lipinski definition) is 0. The van der Waals surface area contributed by atoms with Crippen LogP contribution in [0.5, 0.6) is 5.75 Å². The molecule has 0 fully saturated rings. The van der Waals surface area contributed by atoms with Gasteiger partial charge in [0.25, 0.3) is 0 Å². The van der Waals surface area contributed by atoms with Gasteiger partial charge in [0, 0.05) is 18.5 Å². The second kappa shape index (κ2) is 7.71. The van der Waals surface area contributed by atoms with Gasteiger partial charge in [0.15, 0.2) is 5.78 Å². The summed E-state index contributed by atoms with van der Waals surface area (Å²) in [5, 5.41) is 0. The lowest BCUT2D eigenvalue weighted by molar-refractivity contribution is 0.0993. The summed E-state index contributed by atoms with van der Waals surface area (Å²) >= 11 is 0.